The second kappa shape index (κ2) is 9.63. The lowest BCUT2D eigenvalue weighted by Gasteiger charge is -2.37. The first-order valence-corrected chi connectivity index (χ1v) is 11.0. The average molecular weight is 418 g/mol. The zero-order chi connectivity index (χ0) is 20.8. The smallest absolute Gasteiger partial charge is 0.306 e. The number of hydrogen-bond acceptors (Lipinski definition) is 4. The number of para-hydroxylation sites is 1. The lowest BCUT2D eigenvalue weighted by atomic mass is 10.1. The number of rotatable bonds is 6. The van der Waals surface area contributed by atoms with Crippen LogP contribution in [0.25, 0.3) is 0 Å². The van der Waals surface area contributed by atoms with Crippen LogP contribution < -0.4 is 4.90 Å². The molecule has 0 fully saturated rings. The van der Waals surface area contributed by atoms with Crippen LogP contribution in [0.5, 0.6) is 0 Å². The van der Waals surface area contributed by atoms with E-state index in [1.54, 1.807) is 16.7 Å². The molecule has 3 aromatic rings. The van der Waals surface area contributed by atoms with Gasteiger partial charge < -0.3 is 4.74 Å². The Morgan fingerprint density at radius 2 is 1.57 bits per heavy atom. The van der Waals surface area contributed by atoms with Gasteiger partial charge in [-0.15, -0.1) is 11.8 Å². The van der Waals surface area contributed by atoms with Crippen LogP contribution in [0.3, 0.4) is 0 Å². The van der Waals surface area contributed by atoms with Crippen molar-refractivity contribution in [2.45, 2.75) is 23.8 Å². The fraction of sp³-hybridized carbons (Fsp3) is 0.200. The third-order valence-corrected chi connectivity index (χ3v) is 6.24. The predicted molar refractivity (Wildman–Crippen MR) is 120 cm³/mol. The molecule has 1 aliphatic heterocycles. The maximum Gasteiger partial charge on any atom is 0.306 e. The number of thioether (sulfide) groups is 1. The van der Waals surface area contributed by atoms with E-state index in [-0.39, 0.29) is 30.9 Å². The standard InChI is InChI=1S/C25H23NO3S/c27-24(17-29-25(28)16-15-19-9-3-1-4-10-19)26-21-13-7-8-14-23(21)30-18-22(26)20-11-5-2-6-12-20/h1-14,22H,15-18H2/t22-/m1/s1. The van der Waals surface area contributed by atoms with Gasteiger partial charge in [0.15, 0.2) is 6.61 Å². The Labute approximate surface area is 180 Å². The van der Waals surface area contributed by atoms with Crippen molar-refractivity contribution in [1.82, 2.24) is 0 Å². The Balaban J connectivity index is 1.45. The maximum atomic E-state index is 13.2. The van der Waals surface area contributed by atoms with Gasteiger partial charge in [0.2, 0.25) is 0 Å². The Morgan fingerprint density at radius 3 is 2.33 bits per heavy atom. The van der Waals surface area contributed by atoms with E-state index in [4.69, 9.17) is 4.74 Å². The van der Waals surface area contributed by atoms with E-state index < -0.39 is 0 Å². The molecule has 1 heterocycles. The van der Waals surface area contributed by atoms with E-state index in [0.717, 1.165) is 27.5 Å². The van der Waals surface area contributed by atoms with Gasteiger partial charge in [-0.2, -0.15) is 0 Å². The molecule has 0 saturated heterocycles. The van der Waals surface area contributed by atoms with Gasteiger partial charge >= 0.3 is 5.97 Å². The molecule has 0 saturated carbocycles. The molecule has 0 radical (unpaired) electrons. The first-order valence-electron chi connectivity index (χ1n) is 10.0. The van der Waals surface area contributed by atoms with Crippen molar-refractivity contribution in [3.8, 4) is 0 Å². The highest BCUT2D eigenvalue weighted by molar-refractivity contribution is 7.99. The Kier molecular flexibility index (Phi) is 6.50. The number of carbonyl (C=O) groups is 2. The summed E-state index contributed by atoms with van der Waals surface area (Å²) in [6, 6.07) is 27.6. The molecule has 4 rings (SSSR count). The summed E-state index contributed by atoms with van der Waals surface area (Å²) in [4.78, 5) is 28.2. The van der Waals surface area contributed by atoms with Gasteiger partial charge in [0.1, 0.15) is 0 Å². The van der Waals surface area contributed by atoms with Crippen molar-refractivity contribution >= 4 is 29.3 Å². The zero-order valence-electron chi connectivity index (χ0n) is 16.6. The summed E-state index contributed by atoms with van der Waals surface area (Å²) in [7, 11) is 0. The average Bonchev–Trinajstić information content (AvgIpc) is 2.81. The fourth-order valence-electron chi connectivity index (χ4n) is 3.59. The van der Waals surface area contributed by atoms with Crippen LogP contribution in [0.1, 0.15) is 23.6 Å². The molecule has 0 aromatic heterocycles. The molecule has 1 amide bonds. The number of fused-ring (bicyclic) bond motifs is 1. The van der Waals surface area contributed by atoms with Gasteiger partial charge in [-0.25, -0.2) is 0 Å². The van der Waals surface area contributed by atoms with Crippen LogP contribution >= 0.6 is 11.8 Å². The highest BCUT2D eigenvalue weighted by Crippen LogP contribution is 2.43. The molecule has 0 unspecified atom stereocenters. The summed E-state index contributed by atoms with van der Waals surface area (Å²) in [5.41, 5.74) is 3.02. The number of benzene rings is 3. The minimum atomic E-state index is -0.358. The molecule has 0 aliphatic carbocycles. The molecule has 0 bridgehead atoms. The number of hydrogen-bond donors (Lipinski definition) is 0. The fourth-order valence-corrected chi connectivity index (χ4v) is 4.76. The van der Waals surface area contributed by atoms with Crippen molar-refractivity contribution in [3.05, 3.63) is 96.1 Å². The van der Waals surface area contributed by atoms with Gasteiger partial charge in [0.25, 0.3) is 5.91 Å². The molecule has 0 spiro atoms. The van der Waals surface area contributed by atoms with Crippen LogP contribution in [0.15, 0.2) is 89.8 Å². The molecule has 152 valence electrons. The van der Waals surface area contributed by atoms with Gasteiger partial charge in [0.05, 0.1) is 11.7 Å². The van der Waals surface area contributed by atoms with Crippen LogP contribution in [-0.2, 0) is 20.7 Å². The molecule has 3 aromatic carbocycles. The number of ether oxygens (including phenoxy) is 1. The summed E-state index contributed by atoms with van der Waals surface area (Å²) in [6.07, 6.45) is 0.857. The molecular formula is C25H23NO3S. The highest BCUT2D eigenvalue weighted by atomic mass is 32.2. The number of esters is 1. The van der Waals surface area contributed by atoms with Gasteiger partial charge in [-0.1, -0.05) is 72.8 Å². The number of amides is 1. The molecule has 4 nitrogen and oxygen atoms in total. The van der Waals surface area contributed by atoms with Crippen LogP contribution in [-0.4, -0.2) is 24.2 Å². The first-order chi connectivity index (χ1) is 14.7. The van der Waals surface area contributed by atoms with E-state index in [0.29, 0.717) is 6.42 Å². The Morgan fingerprint density at radius 1 is 0.900 bits per heavy atom. The summed E-state index contributed by atoms with van der Waals surface area (Å²) in [5, 5.41) is 0. The Hall–Kier alpha value is -3.05. The molecule has 1 atom stereocenters. The van der Waals surface area contributed by atoms with E-state index in [9.17, 15) is 9.59 Å². The predicted octanol–water partition coefficient (Wildman–Crippen LogP) is 5.04. The van der Waals surface area contributed by atoms with Crippen LogP contribution in [0.2, 0.25) is 0 Å². The minimum absolute atomic E-state index is 0.0957. The number of anilines is 1. The number of aryl methyl sites for hydroxylation is 1. The SMILES string of the molecule is O=C(CCc1ccccc1)OCC(=O)N1c2ccccc2SC[C@@H]1c1ccccc1. The van der Waals surface area contributed by atoms with Crippen LogP contribution in [0.4, 0.5) is 5.69 Å². The molecular weight excluding hydrogens is 394 g/mol. The van der Waals surface area contributed by atoms with Gasteiger partial charge in [0, 0.05) is 17.1 Å². The van der Waals surface area contributed by atoms with Gasteiger partial charge in [-0.3, -0.25) is 14.5 Å². The third kappa shape index (κ3) is 4.74. The third-order valence-electron chi connectivity index (χ3n) is 5.10. The Bertz CT molecular complexity index is 1010. The van der Waals surface area contributed by atoms with E-state index >= 15 is 0 Å². The van der Waals surface area contributed by atoms with Crippen molar-refractivity contribution in [3.63, 3.8) is 0 Å². The second-order valence-electron chi connectivity index (χ2n) is 7.12. The number of carbonyl (C=O) groups excluding carboxylic acids is 2. The summed E-state index contributed by atoms with van der Waals surface area (Å²) in [6.45, 7) is -0.254. The lowest BCUT2D eigenvalue weighted by Crippen LogP contribution is -2.41. The minimum Gasteiger partial charge on any atom is -0.456 e. The van der Waals surface area contributed by atoms with E-state index in [1.165, 1.54) is 0 Å². The van der Waals surface area contributed by atoms with Crippen molar-refractivity contribution in [2.75, 3.05) is 17.3 Å². The largest absolute Gasteiger partial charge is 0.456 e. The van der Waals surface area contributed by atoms with Crippen molar-refractivity contribution in [1.29, 1.82) is 0 Å². The quantitative estimate of drug-likeness (QED) is 0.527. The summed E-state index contributed by atoms with van der Waals surface area (Å²) in [5.74, 6) is 0.196. The van der Waals surface area contributed by atoms with Crippen molar-refractivity contribution < 1.29 is 14.3 Å². The van der Waals surface area contributed by atoms with E-state index in [2.05, 4.69) is 0 Å². The van der Waals surface area contributed by atoms with E-state index in [1.807, 2.05) is 84.9 Å². The zero-order valence-corrected chi connectivity index (χ0v) is 17.4. The second-order valence-corrected chi connectivity index (χ2v) is 8.18. The monoisotopic (exact) mass is 417 g/mol. The topological polar surface area (TPSA) is 46.6 Å². The molecule has 30 heavy (non-hydrogen) atoms. The molecule has 1 aliphatic rings. The van der Waals surface area contributed by atoms with Crippen molar-refractivity contribution in [2.24, 2.45) is 0 Å². The highest BCUT2D eigenvalue weighted by Gasteiger charge is 2.32. The molecule has 5 heteroatoms. The maximum absolute atomic E-state index is 13.2. The van der Waals surface area contributed by atoms with Crippen LogP contribution in [0, 0.1) is 0 Å². The van der Waals surface area contributed by atoms with Gasteiger partial charge in [-0.05, 0) is 29.7 Å². The first kappa shape index (κ1) is 20.2. The molecule has 0 N–H and O–H groups in total. The summed E-state index contributed by atoms with van der Waals surface area (Å²) >= 11 is 1.74. The number of nitrogens with zero attached hydrogens (tertiary/aromatic N) is 1. The lowest BCUT2D eigenvalue weighted by molar-refractivity contribution is -0.147. The summed E-state index contributed by atoms with van der Waals surface area (Å²) < 4.78 is 5.34. The normalized spacial score (nSPS) is 15.3.